The number of hydrogen-bond donors (Lipinski definition) is 2. The van der Waals surface area contributed by atoms with Crippen molar-refractivity contribution in [2.45, 2.75) is 25.7 Å². The van der Waals surface area contributed by atoms with Crippen molar-refractivity contribution in [2.75, 3.05) is 5.32 Å². The monoisotopic (exact) mass is 401 g/mol. The Morgan fingerprint density at radius 3 is 2.74 bits per heavy atom. The Kier molecular flexibility index (Phi) is 4.75. The van der Waals surface area contributed by atoms with E-state index in [1.165, 1.54) is 34.8 Å². The number of benzene rings is 1. The van der Waals surface area contributed by atoms with Crippen LogP contribution in [-0.2, 0) is 24.1 Å². The summed E-state index contributed by atoms with van der Waals surface area (Å²) in [5, 5.41) is 5.89. The number of thiazole rings is 1. The molecular weight excluding hydrogens is 385 g/mol. The van der Waals surface area contributed by atoms with Gasteiger partial charge < -0.3 is 11.1 Å². The van der Waals surface area contributed by atoms with Crippen LogP contribution in [0.15, 0.2) is 29.6 Å². The second-order valence-electron chi connectivity index (χ2n) is 6.30. The molecule has 1 aromatic carbocycles. The first-order chi connectivity index (χ1) is 13.0. The third kappa shape index (κ3) is 3.63. The van der Waals surface area contributed by atoms with Crippen molar-refractivity contribution >= 4 is 39.5 Å². The minimum absolute atomic E-state index is 0.0957. The first-order valence-electron chi connectivity index (χ1n) is 8.46. The van der Waals surface area contributed by atoms with Crippen molar-refractivity contribution in [1.29, 1.82) is 0 Å². The highest BCUT2D eigenvalue weighted by Crippen LogP contribution is 2.38. The largest absolute Gasteiger partial charge is 0.365 e. The lowest BCUT2D eigenvalue weighted by Gasteiger charge is -2.05. The number of thiophene rings is 1. The van der Waals surface area contributed by atoms with E-state index in [4.69, 9.17) is 5.73 Å². The molecule has 0 spiro atoms. The maximum Gasteiger partial charge on any atom is 0.251 e. The molecule has 2 aromatic heterocycles. The number of nitrogens with one attached hydrogen (secondary N) is 1. The minimum atomic E-state index is -0.503. The molecular formula is C19H16FN3O2S2. The zero-order chi connectivity index (χ0) is 19.0. The van der Waals surface area contributed by atoms with E-state index in [1.807, 2.05) is 5.38 Å². The third-order valence-corrected chi connectivity index (χ3v) is 6.55. The molecule has 27 heavy (non-hydrogen) atoms. The molecule has 0 saturated carbocycles. The van der Waals surface area contributed by atoms with Crippen LogP contribution in [0.1, 0.15) is 32.9 Å². The van der Waals surface area contributed by atoms with E-state index in [9.17, 15) is 14.0 Å². The van der Waals surface area contributed by atoms with Gasteiger partial charge in [-0.1, -0.05) is 0 Å². The average Bonchev–Trinajstić information content (AvgIpc) is 3.31. The molecule has 0 saturated heterocycles. The zero-order valence-electron chi connectivity index (χ0n) is 14.3. The van der Waals surface area contributed by atoms with Crippen molar-refractivity contribution in [3.8, 4) is 10.6 Å². The van der Waals surface area contributed by atoms with Crippen LogP contribution in [0.2, 0.25) is 0 Å². The summed E-state index contributed by atoms with van der Waals surface area (Å²) in [5.41, 5.74) is 8.38. The predicted octanol–water partition coefficient (Wildman–Crippen LogP) is 3.78. The Labute approximate surface area is 163 Å². The Morgan fingerprint density at radius 2 is 2.00 bits per heavy atom. The fourth-order valence-electron chi connectivity index (χ4n) is 3.20. The molecule has 3 aromatic rings. The second kappa shape index (κ2) is 7.21. The maximum atomic E-state index is 13.0. The average molecular weight is 401 g/mol. The topological polar surface area (TPSA) is 85.1 Å². The summed E-state index contributed by atoms with van der Waals surface area (Å²) in [4.78, 5) is 29.8. The van der Waals surface area contributed by atoms with Gasteiger partial charge in [0.05, 0.1) is 17.7 Å². The summed E-state index contributed by atoms with van der Waals surface area (Å²) in [7, 11) is 0. The number of amides is 2. The number of aryl methyl sites for hydroxylation is 1. The van der Waals surface area contributed by atoms with Crippen molar-refractivity contribution in [1.82, 2.24) is 4.98 Å². The van der Waals surface area contributed by atoms with Crippen LogP contribution in [-0.4, -0.2) is 16.8 Å². The number of nitrogens with two attached hydrogens (primary N) is 1. The Morgan fingerprint density at radius 1 is 1.22 bits per heavy atom. The van der Waals surface area contributed by atoms with Gasteiger partial charge in [0, 0.05) is 15.8 Å². The van der Waals surface area contributed by atoms with Gasteiger partial charge in [0.1, 0.15) is 15.8 Å². The van der Waals surface area contributed by atoms with Crippen LogP contribution in [0.5, 0.6) is 0 Å². The van der Waals surface area contributed by atoms with Crippen molar-refractivity contribution < 1.29 is 14.0 Å². The smallest absolute Gasteiger partial charge is 0.251 e. The summed E-state index contributed by atoms with van der Waals surface area (Å²) in [5.74, 6) is -1.05. The summed E-state index contributed by atoms with van der Waals surface area (Å²) in [6.45, 7) is 0. The molecule has 8 heteroatoms. The number of hydrogen-bond acceptors (Lipinski definition) is 5. The quantitative estimate of drug-likeness (QED) is 0.682. The number of primary amides is 1. The lowest BCUT2D eigenvalue weighted by Crippen LogP contribution is -2.19. The van der Waals surface area contributed by atoms with Crippen molar-refractivity contribution in [3.05, 3.63) is 57.2 Å². The highest BCUT2D eigenvalue weighted by molar-refractivity contribution is 7.17. The highest BCUT2D eigenvalue weighted by Gasteiger charge is 2.26. The molecule has 5 nitrogen and oxygen atoms in total. The van der Waals surface area contributed by atoms with Gasteiger partial charge in [0.25, 0.3) is 5.91 Å². The molecule has 2 heterocycles. The third-order valence-electron chi connectivity index (χ3n) is 4.41. The summed E-state index contributed by atoms with van der Waals surface area (Å²) in [6.07, 6.45) is 2.86. The summed E-state index contributed by atoms with van der Waals surface area (Å²) in [6, 6.07) is 6.07. The first kappa shape index (κ1) is 17.8. The number of fused-ring (bicyclic) bond motifs is 1. The van der Waals surface area contributed by atoms with Crippen LogP contribution < -0.4 is 11.1 Å². The van der Waals surface area contributed by atoms with Crippen LogP contribution >= 0.6 is 22.7 Å². The number of carbonyl (C=O) groups excluding carboxylic acids is 2. The fraction of sp³-hybridized carbons (Fsp3) is 0.211. The van der Waals surface area contributed by atoms with Crippen LogP contribution in [0.3, 0.4) is 0 Å². The van der Waals surface area contributed by atoms with E-state index in [1.54, 1.807) is 12.1 Å². The minimum Gasteiger partial charge on any atom is -0.365 e. The number of anilines is 1. The van der Waals surface area contributed by atoms with Crippen LogP contribution in [0.25, 0.3) is 10.6 Å². The summed E-state index contributed by atoms with van der Waals surface area (Å²) >= 11 is 2.83. The predicted molar refractivity (Wildman–Crippen MR) is 105 cm³/mol. The van der Waals surface area contributed by atoms with E-state index in [2.05, 4.69) is 10.3 Å². The SMILES string of the molecule is NC(=O)c1c(NC(=O)Cc2csc(-c3ccc(F)cc3)n2)sc2c1CCC2. The zero-order valence-corrected chi connectivity index (χ0v) is 15.9. The van der Waals surface area contributed by atoms with Crippen LogP contribution in [0.4, 0.5) is 9.39 Å². The number of rotatable bonds is 5. The fourth-order valence-corrected chi connectivity index (χ4v) is 5.34. The number of carbonyl (C=O) groups is 2. The van der Waals surface area contributed by atoms with E-state index in [0.717, 1.165) is 40.3 Å². The molecule has 0 fully saturated rings. The Balaban J connectivity index is 1.48. The molecule has 0 unspecified atom stereocenters. The molecule has 3 N–H and O–H groups in total. The van der Waals surface area contributed by atoms with Crippen molar-refractivity contribution in [3.63, 3.8) is 0 Å². The molecule has 1 aliphatic rings. The molecule has 0 radical (unpaired) electrons. The van der Waals surface area contributed by atoms with Crippen molar-refractivity contribution in [2.24, 2.45) is 5.73 Å². The normalized spacial score (nSPS) is 12.8. The number of halogens is 1. The van der Waals surface area contributed by atoms with Crippen LogP contribution in [0, 0.1) is 5.82 Å². The van der Waals surface area contributed by atoms with Gasteiger partial charge in [0.15, 0.2) is 0 Å². The first-order valence-corrected chi connectivity index (χ1v) is 10.2. The lowest BCUT2D eigenvalue weighted by molar-refractivity contribution is -0.115. The van der Waals surface area contributed by atoms with E-state index in [-0.39, 0.29) is 18.1 Å². The molecule has 138 valence electrons. The molecule has 0 atom stereocenters. The Bertz CT molecular complexity index is 1020. The van der Waals surface area contributed by atoms with E-state index >= 15 is 0 Å². The molecule has 0 aliphatic heterocycles. The Hall–Kier alpha value is -2.58. The maximum absolute atomic E-state index is 13.0. The number of aromatic nitrogens is 1. The van der Waals surface area contributed by atoms with Gasteiger partial charge in [-0.2, -0.15) is 0 Å². The van der Waals surface area contributed by atoms with E-state index in [0.29, 0.717) is 16.3 Å². The second-order valence-corrected chi connectivity index (χ2v) is 8.26. The lowest BCUT2D eigenvalue weighted by atomic mass is 10.1. The summed E-state index contributed by atoms with van der Waals surface area (Å²) < 4.78 is 13.0. The molecule has 1 aliphatic carbocycles. The van der Waals surface area contributed by atoms with Gasteiger partial charge in [-0.15, -0.1) is 22.7 Å². The van der Waals surface area contributed by atoms with Gasteiger partial charge in [-0.05, 0) is 49.1 Å². The molecule has 0 bridgehead atoms. The van der Waals surface area contributed by atoms with Gasteiger partial charge in [-0.3, -0.25) is 9.59 Å². The van der Waals surface area contributed by atoms with Gasteiger partial charge in [0.2, 0.25) is 5.91 Å². The highest BCUT2D eigenvalue weighted by atomic mass is 32.1. The van der Waals surface area contributed by atoms with E-state index < -0.39 is 5.91 Å². The van der Waals surface area contributed by atoms with Gasteiger partial charge >= 0.3 is 0 Å². The number of nitrogens with zero attached hydrogens (tertiary/aromatic N) is 1. The van der Waals surface area contributed by atoms with Gasteiger partial charge in [-0.25, -0.2) is 9.37 Å². The molecule has 4 rings (SSSR count). The molecule has 2 amide bonds. The standard InChI is InChI=1S/C19H16FN3O2S2/c20-11-6-4-10(5-7-11)18-22-12(9-26-18)8-15(24)23-19-16(17(21)25)13-2-1-3-14(13)27-19/h4-7,9H,1-3,8H2,(H2,21,25)(H,23,24).